The number of nitrogens with zero attached hydrogens (tertiary/aromatic N) is 2. The number of aromatic nitrogens is 2. The number of rotatable bonds is 6. The number of hydrogen-bond donors (Lipinski definition) is 2. The summed E-state index contributed by atoms with van der Waals surface area (Å²) in [5, 5.41) is 4.50. The fourth-order valence-electron chi connectivity index (χ4n) is 3.76. The molecule has 0 aliphatic carbocycles. The highest BCUT2D eigenvalue weighted by atomic mass is 32.2. The first-order valence-electron chi connectivity index (χ1n) is 9.77. The van der Waals surface area contributed by atoms with E-state index in [-0.39, 0.29) is 5.41 Å². The van der Waals surface area contributed by atoms with E-state index in [9.17, 15) is 0 Å². The minimum atomic E-state index is 0.224. The Morgan fingerprint density at radius 3 is 2.64 bits per heavy atom. The van der Waals surface area contributed by atoms with Gasteiger partial charge in [-0.05, 0) is 49.7 Å². The molecule has 0 bridgehead atoms. The summed E-state index contributed by atoms with van der Waals surface area (Å²) >= 11 is 1.70. The van der Waals surface area contributed by atoms with Crippen LogP contribution in [0.5, 0.6) is 5.75 Å². The maximum atomic E-state index is 6.36. The average molecular weight is 397 g/mol. The number of nitrogens with one attached hydrogen (secondary N) is 2. The van der Waals surface area contributed by atoms with Crippen molar-refractivity contribution in [2.75, 3.05) is 37.3 Å². The number of anilines is 1. The van der Waals surface area contributed by atoms with Gasteiger partial charge in [-0.15, -0.1) is 0 Å². The summed E-state index contributed by atoms with van der Waals surface area (Å²) in [6.07, 6.45) is 8.21. The highest BCUT2D eigenvalue weighted by molar-refractivity contribution is 7.99. The van der Waals surface area contributed by atoms with Gasteiger partial charge in [0.2, 0.25) is 0 Å². The van der Waals surface area contributed by atoms with Gasteiger partial charge >= 0.3 is 0 Å². The largest absolute Gasteiger partial charge is 0.492 e. The SMILES string of the molecule is CSN(C)c1ccc(-c2c[nH]c3nccc(OCC4(C)CCNCC4)c23)cc1. The lowest BCUT2D eigenvalue weighted by atomic mass is 9.82. The van der Waals surface area contributed by atoms with Crippen LogP contribution in [0.2, 0.25) is 0 Å². The van der Waals surface area contributed by atoms with E-state index in [1.54, 1.807) is 11.9 Å². The lowest BCUT2D eigenvalue weighted by Gasteiger charge is -2.33. The van der Waals surface area contributed by atoms with Crippen LogP contribution in [0, 0.1) is 5.41 Å². The number of aromatic amines is 1. The molecule has 5 nitrogen and oxygen atoms in total. The normalized spacial score (nSPS) is 16.2. The van der Waals surface area contributed by atoms with Gasteiger partial charge in [0.05, 0.1) is 12.0 Å². The molecule has 1 aliphatic heterocycles. The van der Waals surface area contributed by atoms with Gasteiger partial charge in [0, 0.05) is 42.4 Å². The van der Waals surface area contributed by atoms with E-state index >= 15 is 0 Å². The van der Waals surface area contributed by atoms with Gasteiger partial charge in [-0.25, -0.2) is 4.98 Å². The predicted molar refractivity (Wildman–Crippen MR) is 119 cm³/mol. The van der Waals surface area contributed by atoms with E-state index in [1.807, 2.05) is 18.5 Å². The van der Waals surface area contributed by atoms with Crippen molar-refractivity contribution in [2.45, 2.75) is 19.8 Å². The molecule has 3 heterocycles. The first-order valence-corrected chi connectivity index (χ1v) is 11.0. The van der Waals surface area contributed by atoms with Gasteiger partial charge in [-0.2, -0.15) is 0 Å². The molecule has 3 aromatic rings. The van der Waals surface area contributed by atoms with Crippen molar-refractivity contribution in [3.8, 4) is 16.9 Å². The summed E-state index contributed by atoms with van der Waals surface area (Å²) in [6, 6.07) is 10.6. The van der Waals surface area contributed by atoms with E-state index in [1.165, 1.54) is 5.69 Å². The smallest absolute Gasteiger partial charge is 0.141 e. The average Bonchev–Trinajstić information content (AvgIpc) is 3.17. The fourth-order valence-corrected chi connectivity index (χ4v) is 4.09. The Hall–Kier alpha value is -2.18. The minimum absolute atomic E-state index is 0.224. The molecule has 2 aromatic heterocycles. The summed E-state index contributed by atoms with van der Waals surface area (Å²) in [6.45, 7) is 5.19. The summed E-state index contributed by atoms with van der Waals surface area (Å²) < 4.78 is 8.51. The van der Waals surface area contributed by atoms with Gasteiger partial charge < -0.3 is 19.3 Å². The molecule has 6 heteroatoms. The van der Waals surface area contributed by atoms with Gasteiger partial charge in [0.15, 0.2) is 0 Å². The zero-order valence-corrected chi connectivity index (χ0v) is 17.6. The molecule has 0 amide bonds. The Kier molecular flexibility index (Phi) is 5.51. The van der Waals surface area contributed by atoms with Gasteiger partial charge in [-0.3, -0.25) is 0 Å². The van der Waals surface area contributed by atoms with Crippen molar-refractivity contribution >= 4 is 28.7 Å². The van der Waals surface area contributed by atoms with Crippen molar-refractivity contribution in [3.05, 3.63) is 42.7 Å². The Morgan fingerprint density at radius 2 is 1.93 bits per heavy atom. The highest BCUT2D eigenvalue weighted by Gasteiger charge is 2.28. The third-order valence-electron chi connectivity index (χ3n) is 5.74. The Morgan fingerprint density at radius 1 is 1.18 bits per heavy atom. The third-order valence-corrected chi connectivity index (χ3v) is 6.50. The fraction of sp³-hybridized carbons (Fsp3) is 0.409. The molecule has 0 radical (unpaired) electrons. The molecule has 1 saturated heterocycles. The van der Waals surface area contributed by atoms with Crippen LogP contribution < -0.4 is 14.4 Å². The number of piperidine rings is 1. The van der Waals surface area contributed by atoms with E-state index in [2.05, 4.69) is 64.1 Å². The number of benzene rings is 1. The maximum Gasteiger partial charge on any atom is 0.141 e. The Bertz CT molecular complexity index is 931. The first kappa shape index (κ1) is 19.2. The summed E-state index contributed by atoms with van der Waals surface area (Å²) in [5.41, 5.74) is 4.57. The number of ether oxygens (including phenoxy) is 1. The molecule has 28 heavy (non-hydrogen) atoms. The maximum absolute atomic E-state index is 6.36. The Labute approximate surface area is 171 Å². The molecule has 148 valence electrons. The number of H-pyrrole nitrogens is 1. The number of pyridine rings is 1. The van der Waals surface area contributed by atoms with Crippen molar-refractivity contribution in [1.29, 1.82) is 0 Å². The number of fused-ring (bicyclic) bond motifs is 1. The summed E-state index contributed by atoms with van der Waals surface area (Å²) in [7, 11) is 2.07. The van der Waals surface area contributed by atoms with E-state index < -0.39 is 0 Å². The monoisotopic (exact) mass is 396 g/mol. The second kappa shape index (κ2) is 8.05. The van der Waals surface area contributed by atoms with Gasteiger partial charge in [-0.1, -0.05) is 31.0 Å². The van der Waals surface area contributed by atoms with Crippen LogP contribution in [0.4, 0.5) is 5.69 Å². The zero-order valence-electron chi connectivity index (χ0n) is 16.8. The molecule has 1 fully saturated rings. The number of hydrogen-bond acceptors (Lipinski definition) is 5. The molecule has 4 rings (SSSR count). The zero-order chi connectivity index (χ0) is 19.6. The van der Waals surface area contributed by atoms with Crippen LogP contribution in [-0.4, -0.2) is 43.0 Å². The van der Waals surface area contributed by atoms with Crippen LogP contribution in [0.1, 0.15) is 19.8 Å². The van der Waals surface area contributed by atoms with Crippen molar-refractivity contribution < 1.29 is 4.74 Å². The molecule has 0 unspecified atom stereocenters. The second-order valence-electron chi connectivity index (χ2n) is 7.81. The lowest BCUT2D eigenvalue weighted by molar-refractivity contribution is 0.124. The van der Waals surface area contributed by atoms with E-state index in [4.69, 9.17) is 4.74 Å². The molecule has 1 aliphatic rings. The second-order valence-corrected chi connectivity index (χ2v) is 8.72. The molecule has 0 saturated carbocycles. The summed E-state index contributed by atoms with van der Waals surface area (Å²) in [4.78, 5) is 7.81. The predicted octanol–water partition coefficient (Wildman–Crippen LogP) is 4.71. The van der Waals surface area contributed by atoms with E-state index in [0.717, 1.165) is 60.4 Å². The van der Waals surface area contributed by atoms with Gasteiger partial charge in [0.25, 0.3) is 0 Å². The molecule has 0 spiro atoms. The molecular formula is C22H28N4OS. The lowest BCUT2D eigenvalue weighted by Crippen LogP contribution is -2.38. The summed E-state index contributed by atoms with van der Waals surface area (Å²) in [5.74, 6) is 0.909. The highest BCUT2D eigenvalue weighted by Crippen LogP contribution is 2.37. The first-order chi connectivity index (χ1) is 13.6. The van der Waals surface area contributed by atoms with Crippen LogP contribution in [0.3, 0.4) is 0 Å². The standard InChI is InChI=1S/C22H28N4OS/c1-22(9-12-23-13-10-22)15-27-19-8-11-24-21-20(19)18(14-25-21)16-4-6-17(7-5-16)26(2)28-3/h4-8,11,14,23H,9-10,12-13,15H2,1-3H3,(H,24,25). The van der Waals surface area contributed by atoms with Crippen LogP contribution in [0.15, 0.2) is 42.7 Å². The molecule has 0 atom stereocenters. The van der Waals surface area contributed by atoms with Crippen LogP contribution in [0.25, 0.3) is 22.2 Å². The van der Waals surface area contributed by atoms with Gasteiger partial charge in [0.1, 0.15) is 11.4 Å². The topological polar surface area (TPSA) is 53.2 Å². The minimum Gasteiger partial charge on any atom is -0.492 e. The van der Waals surface area contributed by atoms with Crippen molar-refractivity contribution in [1.82, 2.24) is 15.3 Å². The van der Waals surface area contributed by atoms with Crippen molar-refractivity contribution in [3.63, 3.8) is 0 Å². The molecule has 1 aromatic carbocycles. The van der Waals surface area contributed by atoms with E-state index in [0.29, 0.717) is 0 Å². The molecular weight excluding hydrogens is 368 g/mol. The van der Waals surface area contributed by atoms with Crippen molar-refractivity contribution in [2.24, 2.45) is 5.41 Å². The van der Waals surface area contributed by atoms with Crippen LogP contribution >= 0.6 is 11.9 Å². The Balaban J connectivity index is 1.63. The molecule has 2 N–H and O–H groups in total. The third kappa shape index (κ3) is 3.84. The van der Waals surface area contributed by atoms with Crippen LogP contribution in [-0.2, 0) is 0 Å². The quantitative estimate of drug-likeness (QED) is 0.591.